The van der Waals surface area contributed by atoms with Crippen LogP contribution in [-0.4, -0.2) is 30.4 Å². The number of nitrogens with one attached hydrogen (secondary N) is 1. The van der Waals surface area contributed by atoms with E-state index in [0.29, 0.717) is 33.7 Å². The molecule has 142 valence electrons. The summed E-state index contributed by atoms with van der Waals surface area (Å²) in [6.45, 7) is 0. The average molecular weight is 457 g/mol. The van der Waals surface area contributed by atoms with Crippen LogP contribution in [0.4, 0.5) is 11.5 Å². The third-order valence-corrected chi connectivity index (χ3v) is 5.02. The molecule has 1 aromatic heterocycles. The van der Waals surface area contributed by atoms with Gasteiger partial charge in [-0.1, -0.05) is 27.7 Å². The smallest absolute Gasteiger partial charge is 0.189 e. The van der Waals surface area contributed by atoms with Gasteiger partial charge in [0.15, 0.2) is 22.5 Å². The first-order valence-corrected chi connectivity index (χ1v) is 10.2. The molecule has 0 unspecified atom stereocenters. The van der Waals surface area contributed by atoms with E-state index in [1.807, 2.05) is 36.6 Å². The number of methoxy groups -OCH3 is 2. The van der Waals surface area contributed by atoms with Gasteiger partial charge in [0.2, 0.25) is 0 Å². The van der Waals surface area contributed by atoms with Crippen LogP contribution in [0.2, 0.25) is 0 Å². The molecule has 0 spiro atoms. The van der Waals surface area contributed by atoms with Gasteiger partial charge in [0.25, 0.3) is 0 Å². The molecule has 3 rings (SSSR count). The van der Waals surface area contributed by atoms with E-state index in [4.69, 9.17) is 9.47 Å². The van der Waals surface area contributed by atoms with E-state index >= 15 is 0 Å². The van der Waals surface area contributed by atoms with Crippen molar-refractivity contribution >= 4 is 39.2 Å². The summed E-state index contributed by atoms with van der Waals surface area (Å²) in [5, 5.41) is 13.6. The zero-order valence-corrected chi connectivity index (χ0v) is 17.9. The molecule has 0 bridgehead atoms. The van der Waals surface area contributed by atoms with Crippen molar-refractivity contribution in [2.75, 3.05) is 25.8 Å². The van der Waals surface area contributed by atoms with Crippen molar-refractivity contribution in [1.29, 1.82) is 5.26 Å². The highest BCUT2D eigenvalue weighted by Crippen LogP contribution is 2.35. The van der Waals surface area contributed by atoms with Crippen LogP contribution in [0.25, 0.3) is 11.3 Å². The summed E-state index contributed by atoms with van der Waals surface area (Å²) in [6.07, 6.45) is 1.89. The number of aromatic nitrogens is 2. The highest BCUT2D eigenvalue weighted by atomic mass is 79.9. The van der Waals surface area contributed by atoms with Crippen LogP contribution < -0.4 is 14.8 Å². The van der Waals surface area contributed by atoms with Crippen molar-refractivity contribution in [1.82, 2.24) is 9.97 Å². The molecule has 8 heteroatoms. The minimum Gasteiger partial charge on any atom is -0.493 e. The third-order valence-electron chi connectivity index (χ3n) is 3.95. The zero-order chi connectivity index (χ0) is 20.1. The van der Waals surface area contributed by atoms with Crippen LogP contribution in [-0.2, 0) is 0 Å². The maximum absolute atomic E-state index is 9.83. The van der Waals surface area contributed by atoms with E-state index < -0.39 is 0 Å². The minimum atomic E-state index is 0.355. The van der Waals surface area contributed by atoms with Crippen molar-refractivity contribution in [3.63, 3.8) is 0 Å². The quantitative estimate of drug-likeness (QED) is 0.400. The first kappa shape index (κ1) is 20.0. The Kier molecular flexibility index (Phi) is 6.39. The van der Waals surface area contributed by atoms with Crippen LogP contribution in [0.3, 0.4) is 0 Å². The summed E-state index contributed by atoms with van der Waals surface area (Å²) >= 11 is 4.82. The minimum absolute atomic E-state index is 0.355. The Labute approximate surface area is 176 Å². The van der Waals surface area contributed by atoms with Crippen molar-refractivity contribution in [3.8, 4) is 28.8 Å². The molecule has 0 fully saturated rings. The van der Waals surface area contributed by atoms with Gasteiger partial charge in [0, 0.05) is 15.7 Å². The average Bonchev–Trinajstić information content (AvgIpc) is 2.74. The molecule has 0 aliphatic heterocycles. The molecular weight excluding hydrogens is 440 g/mol. The Hall–Kier alpha value is -2.76. The lowest BCUT2D eigenvalue weighted by Crippen LogP contribution is -2.03. The monoisotopic (exact) mass is 456 g/mol. The predicted molar refractivity (Wildman–Crippen MR) is 114 cm³/mol. The van der Waals surface area contributed by atoms with E-state index in [2.05, 4.69) is 37.3 Å². The second kappa shape index (κ2) is 8.95. The Morgan fingerprint density at radius 2 is 1.75 bits per heavy atom. The SMILES string of the molecule is COc1ccc(-c2nc(SC)nc(Nc3ccc(Br)cc3)c2C#N)cc1OC. The van der Waals surface area contributed by atoms with Gasteiger partial charge in [-0.05, 0) is 48.7 Å². The Morgan fingerprint density at radius 1 is 1.04 bits per heavy atom. The van der Waals surface area contributed by atoms with Crippen molar-refractivity contribution in [2.24, 2.45) is 0 Å². The standard InChI is InChI=1S/C20H17BrN4O2S/c1-26-16-9-4-12(10-17(16)27-2)18-15(11-22)19(25-20(24-18)28-3)23-14-7-5-13(21)6-8-14/h4-10H,1-3H3,(H,23,24,25). The summed E-state index contributed by atoms with van der Waals surface area (Å²) in [7, 11) is 3.15. The molecule has 0 radical (unpaired) electrons. The number of thioether (sulfide) groups is 1. The zero-order valence-electron chi connectivity index (χ0n) is 15.5. The van der Waals surface area contributed by atoms with Crippen LogP contribution in [0.15, 0.2) is 52.1 Å². The molecule has 2 aromatic carbocycles. The molecule has 0 saturated carbocycles. The number of hydrogen-bond donors (Lipinski definition) is 1. The lowest BCUT2D eigenvalue weighted by molar-refractivity contribution is 0.355. The number of ether oxygens (including phenoxy) is 2. The van der Waals surface area contributed by atoms with Crippen LogP contribution >= 0.6 is 27.7 Å². The van der Waals surface area contributed by atoms with Crippen molar-refractivity contribution in [2.45, 2.75) is 5.16 Å². The molecule has 1 heterocycles. The molecule has 28 heavy (non-hydrogen) atoms. The summed E-state index contributed by atoms with van der Waals surface area (Å²) < 4.78 is 11.7. The molecule has 1 N–H and O–H groups in total. The number of benzene rings is 2. The van der Waals surface area contributed by atoms with Crippen molar-refractivity contribution in [3.05, 3.63) is 52.5 Å². The Bertz CT molecular complexity index is 1040. The Balaban J connectivity index is 2.13. The highest BCUT2D eigenvalue weighted by Gasteiger charge is 2.18. The van der Waals surface area contributed by atoms with Gasteiger partial charge in [-0.3, -0.25) is 0 Å². The Morgan fingerprint density at radius 3 is 2.36 bits per heavy atom. The van der Waals surface area contributed by atoms with E-state index in [-0.39, 0.29) is 0 Å². The third kappa shape index (κ3) is 4.21. The van der Waals surface area contributed by atoms with Crippen LogP contribution in [0.1, 0.15) is 5.56 Å². The van der Waals surface area contributed by atoms with E-state index in [1.165, 1.54) is 11.8 Å². The highest BCUT2D eigenvalue weighted by molar-refractivity contribution is 9.10. The summed E-state index contributed by atoms with van der Waals surface area (Å²) in [5.41, 5.74) is 2.45. The molecule has 0 amide bonds. The number of hydrogen-bond acceptors (Lipinski definition) is 7. The largest absolute Gasteiger partial charge is 0.493 e. The maximum atomic E-state index is 9.83. The second-order valence-electron chi connectivity index (χ2n) is 5.60. The first-order valence-electron chi connectivity index (χ1n) is 8.20. The van der Waals surface area contributed by atoms with Gasteiger partial charge in [0.05, 0.1) is 19.9 Å². The molecule has 0 aliphatic carbocycles. The lowest BCUT2D eigenvalue weighted by atomic mass is 10.1. The lowest BCUT2D eigenvalue weighted by Gasteiger charge is -2.14. The maximum Gasteiger partial charge on any atom is 0.189 e. The second-order valence-corrected chi connectivity index (χ2v) is 7.29. The first-order chi connectivity index (χ1) is 13.6. The van der Waals surface area contributed by atoms with Crippen LogP contribution in [0, 0.1) is 11.3 Å². The van der Waals surface area contributed by atoms with Gasteiger partial charge >= 0.3 is 0 Å². The topological polar surface area (TPSA) is 80.1 Å². The van der Waals surface area contributed by atoms with Crippen molar-refractivity contribution < 1.29 is 9.47 Å². The fraction of sp³-hybridized carbons (Fsp3) is 0.150. The molecule has 0 saturated heterocycles. The van der Waals surface area contributed by atoms with Gasteiger partial charge in [0.1, 0.15) is 11.6 Å². The van der Waals surface area contributed by atoms with E-state index in [0.717, 1.165) is 15.7 Å². The van der Waals surface area contributed by atoms with Gasteiger partial charge < -0.3 is 14.8 Å². The van der Waals surface area contributed by atoms with Gasteiger partial charge in [-0.2, -0.15) is 5.26 Å². The summed E-state index contributed by atoms with van der Waals surface area (Å²) in [5.74, 6) is 1.63. The fourth-order valence-corrected chi connectivity index (χ4v) is 3.22. The molecule has 6 nitrogen and oxygen atoms in total. The fourth-order valence-electron chi connectivity index (χ4n) is 2.59. The molecule has 0 aliphatic rings. The van der Waals surface area contributed by atoms with Gasteiger partial charge in [-0.15, -0.1) is 0 Å². The summed E-state index contributed by atoms with van der Waals surface area (Å²) in [4.78, 5) is 9.06. The number of halogens is 1. The number of nitriles is 1. The molecule has 0 atom stereocenters. The molecule has 3 aromatic rings. The molecular formula is C20H17BrN4O2S. The summed E-state index contributed by atoms with van der Waals surface area (Å²) in [6, 6.07) is 15.3. The van der Waals surface area contributed by atoms with Gasteiger partial charge in [-0.25, -0.2) is 9.97 Å². The van der Waals surface area contributed by atoms with E-state index in [1.54, 1.807) is 26.4 Å². The number of anilines is 2. The number of nitrogens with zero attached hydrogens (tertiary/aromatic N) is 3. The van der Waals surface area contributed by atoms with E-state index in [9.17, 15) is 5.26 Å². The van der Waals surface area contributed by atoms with Crippen LogP contribution in [0.5, 0.6) is 11.5 Å². The predicted octanol–water partition coefficient (Wildman–Crippen LogP) is 5.26. The normalized spacial score (nSPS) is 10.2. The number of rotatable bonds is 6.